The largest absolute Gasteiger partial charge is 0.465 e. The highest BCUT2D eigenvalue weighted by atomic mass is 16.5. The molecular formula is C15H20N2O2. The number of hydrogen-bond acceptors (Lipinski definition) is 4. The minimum atomic E-state index is -0.468. The van der Waals surface area contributed by atoms with Crippen LogP contribution >= 0.6 is 0 Å². The van der Waals surface area contributed by atoms with E-state index in [2.05, 4.69) is 6.07 Å². The quantitative estimate of drug-likeness (QED) is 0.737. The summed E-state index contributed by atoms with van der Waals surface area (Å²) < 4.78 is 5.14. The summed E-state index contributed by atoms with van der Waals surface area (Å²) in [5.41, 5.74) is 0.883. The average Bonchev–Trinajstić information content (AvgIpc) is 2.40. The van der Waals surface area contributed by atoms with Gasteiger partial charge in [-0.05, 0) is 26.5 Å². The van der Waals surface area contributed by atoms with Crippen molar-refractivity contribution in [2.24, 2.45) is 0 Å². The van der Waals surface area contributed by atoms with Crippen LogP contribution in [0.1, 0.15) is 31.9 Å². The van der Waals surface area contributed by atoms with Crippen LogP contribution in [0.5, 0.6) is 0 Å². The summed E-state index contributed by atoms with van der Waals surface area (Å²) in [4.78, 5) is 14.0. The van der Waals surface area contributed by atoms with Crippen molar-refractivity contribution in [1.29, 1.82) is 5.26 Å². The van der Waals surface area contributed by atoms with Gasteiger partial charge in [-0.15, -0.1) is 0 Å². The van der Waals surface area contributed by atoms with Gasteiger partial charge in [-0.1, -0.05) is 30.3 Å². The summed E-state index contributed by atoms with van der Waals surface area (Å²) in [6.07, 6.45) is 0.374. The number of likely N-dealkylation sites (N-methyl/N-ethyl adjacent to an activating group) is 1. The molecule has 0 N–H and O–H groups in total. The number of nitrogens with zero attached hydrogens (tertiary/aromatic N) is 2. The molecule has 4 nitrogen and oxygen atoms in total. The SMILES string of the molecule is CCOC(=O)C(c1ccccc1)N(C)C(C)CC#N. The highest BCUT2D eigenvalue weighted by molar-refractivity contribution is 5.77. The molecule has 0 fully saturated rings. The van der Waals surface area contributed by atoms with E-state index in [0.717, 1.165) is 5.56 Å². The molecule has 0 amide bonds. The van der Waals surface area contributed by atoms with Gasteiger partial charge in [0.1, 0.15) is 6.04 Å². The van der Waals surface area contributed by atoms with Gasteiger partial charge in [0.25, 0.3) is 0 Å². The van der Waals surface area contributed by atoms with Crippen LogP contribution in [0.25, 0.3) is 0 Å². The molecule has 2 atom stereocenters. The molecule has 1 aromatic carbocycles. The van der Waals surface area contributed by atoms with Crippen molar-refractivity contribution < 1.29 is 9.53 Å². The van der Waals surface area contributed by atoms with Crippen molar-refractivity contribution >= 4 is 5.97 Å². The van der Waals surface area contributed by atoms with Crippen LogP contribution in [0.2, 0.25) is 0 Å². The molecule has 1 rings (SSSR count). The molecule has 1 aromatic rings. The number of hydrogen-bond donors (Lipinski definition) is 0. The molecule has 0 heterocycles. The number of nitriles is 1. The Morgan fingerprint density at radius 2 is 2.05 bits per heavy atom. The summed E-state index contributed by atoms with van der Waals surface area (Å²) in [6, 6.07) is 11.1. The van der Waals surface area contributed by atoms with Crippen LogP contribution in [-0.2, 0) is 9.53 Å². The average molecular weight is 260 g/mol. The molecule has 0 radical (unpaired) electrons. The lowest BCUT2D eigenvalue weighted by Gasteiger charge is -2.30. The first-order valence-electron chi connectivity index (χ1n) is 6.42. The monoisotopic (exact) mass is 260 g/mol. The molecule has 0 aliphatic heterocycles. The van der Waals surface area contributed by atoms with Crippen molar-refractivity contribution in [3.05, 3.63) is 35.9 Å². The molecule has 0 saturated carbocycles. The second-order valence-electron chi connectivity index (χ2n) is 4.44. The standard InChI is InChI=1S/C15H20N2O2/c1-4-19-15(18)14(13-8-6-5-7-9-13)17(3)12(2)10-11-16/h5-9,12,14H,4,10H2,1-3H3. The van der Waals surface area contributed by atoms with Crippen LogP contribution < -0.4 is 0 Å². The van der Waals surface area contributed by atoms with E-state index in [1.165, 1.54) is 0 Å². The minimum Gasteiger partial charge on any atom is -0.465 e. The van der Waals surface area contributed by atoms with Gasteiger partial charge in [-0.2, -0.15) is 5.26 Å². The summed E-state index contributed by atoms with van der Waals surface area (Å²) in [5, 5.41) is 8.79. The fraction of sp³-hybridized carbons (Fsp3) is 0.467. The van der Waals surface area contributed by atoms with Gasteiger partial charge in [-0.3, -0.25) is 4.90 Å². The van der Waals surface area contributed by atoms with Gasteiger partial charge in [0.15, 0.2) is 0 Å². The lowest BCUT2D eigenvalue weighted by Crippen LogP contribution is -2.38. The minimum absolute atomic E-state index is 0.0142. The van der Waals surface area contributed by atoms with Gasteiger partial charge < -0.3 is 4.74 Å². The molecule has 2 unspecified atom stereocenters. The third-order valence-electron chi connectivity index (χ3n) is 3.11. The first-order valence-corrected chi connectivity index (χ1v) is 6.42. The van der Waals surface area contributed by atoms with Crippen molar-refractivity contribution in [2.45, 2.75) is 32.4 Å². The van der Waals surface area contributed by atoms with Crippen LogP contribution in [0.3, 0.4) is 0 Å². The molecule has 0 spiro atoms. The van der Waals surface area contributed by atoms with E-state index in [0.29, 0.717) is 13.0 Å². The zero-order valence-electron chi connectivity index (χ0n) is 11.7. The smallest absolute Gasteiger partial charge is 0.327 e. The van der Waals surface area contributed by atoms with E-state index in [1.54, 1.807) is 6.92 Å². The van der Waals surface area contributed by atoms with Crippen molar-refractivity contribution in [2.75, 3.05) is 13.7 Å². The lowest BCUT2D eigenvalue weighted by atomic mass is 10.0. The van der Waals surface area contributed by atoms with E-state index < -0.39 is 6.04 Å². The van der Waals surface area contributed by atoms with Gasteiger partial charge in [0.2, 0.25) is 0 Å². The Kier molecular flexibility index (Phi) is 6.04. The number of esters is 1. The molecule has 102 valence electrons. The topological polar surface area (TPSA) is 53.3 Å². The molecule has 19 heavy (non-hydrogen) atoms. The highest BCUT2D eigenvalue weighted by Crippen LogP contribution is 2.23. The Balaban J connectivity index is 2.99. The summed E-state index contributed by atoms with van der Waals surface area (Å²) in [5.74, 6) is -0.277. The Hall–Kier alpha value is -1.86. The van der Waals surface area contributed by atoms with Crippen LogP contribution in [0.4, 0.5) is 0 Å². The predicted octanol–water partition coefficient (Wildman–Crippen LogP) is 2.52. The highest BCUT2D eigenvalue weighted by Gasteiger charge is 2.29. The number of benzene rings is 1. The summed E-state index contributed by atoms with van der Waals surface area (Å²) in [6.45, 7) is 4.07. The molecule has 0 aliphatic rings. The second kappa shape index (κ2) is 7.55. The van der Waals surface area contributed by atoms with Crippen molar-refractivity contribution in [3.63, 3.8) is 0 Å². The Morgan fingerprint density at radius 3 is 2.58 bits per heavy atom. The van der Waals surface area contributed by atoms with Gasteiger partial charge in [0, 0.05) is 6.04 Å². The van der Waals surface area contributed by atoms with E-state index in [4.69, 9.17) is 10.00 Å². The zero-order valence-corrected chi connectivity index (χ0v) is 11.7. The van der Waals surface area contributed by atoms with E-state index in [9.17, 15) is 4.79 Å². The zero-order chi connectivity index (χ0) is 14.3. The van der Waals surface area contributed by atoms with Crippen LogP contribution in [-0.4, -0.2) is 30.6 Å². The number of carbonyl (C=O) groups is 1. The molecule has 4 heteroatoms. The van der Waals surface area contributed by atoms with Gasteiger partial charge >= 0.3 is 5.97 Å². The molecular weight excluding hydrogens is 240 g/mol. The van der Waals surface area contributed by atoms with Crippen molar-refractivity contribution in [3.8, 4) is 6.07 Å². The lowest BCUT2D eigenvalue weighted by molar-refractivity contribution is -0.150. The van der Waals surface area contributed by atoms with E-state index in [-0.39, 0.29) is 12.0 Å². The van der Waals surface area contributed by atoms with E-state index >= 15 is 0 Å². The Morgan fingerprint density at radius 1 is 1.42 bits per heavy atom. The molecule has 0 aromatic heterocycles. The molecule has 0 bridgehead atoms. The molecule has 0 aliphatic carbocycles. The van der Waals surface area contributed by atoms with E-state index in [1.807, 2.05) is 49.2 Å². The maximum atomic E-state index is 12.1. The first kappa shape index (κ1) is 15.2. The van der Waals surface area contributed by atoms with Crippen LogP contribution in [0, 0.1) is 11.3 Å². The normalized spacial score (nSPS) is 13.6. The maximum absolute atomic E-state index is 12.1. The third kappa shape index (κ3) is 4.08. The number of rotatable bonds is 6. The van der Waals surface area contributed by atoms with Gasteiger partial charge in [0.05, 0.1) is 19.1 Å². The summed E-state index contributed by atoms with van der Waals surface area (Å²) >= 11 is 0. The first-order chi connectivity index (χ1) is 9.11. The Labute approximate surface area is 114 Å². The fourth-order valence-corrected chi connectivity index (χ4v) is 1.92. The second-order valence-corrected chi connectivity index (χ2v) is 4.44. The predicted molar refractivity (Wildman–Crippen MR) is 73.3 cm³/mol. The fourth-order valence-electron chi connectivity index (χ4n) is 1.92. The maximum Gasteiger partial charge on any atom is 0.327 e. The molecule has 0 saturated heterocycles. The number of ether oxygens (including phenoxy) is 1. The summed E-state index contributed by atoms with van der Waals surface area (Å²) in [7, 11) is 1.84. The Bertz CT molecular complexity index is 439. The van der Waals surface area contributed by atoms with Crippen molar-refractivity contribution in [1.82, 2.24) is 4.90 Å². The third-order valence-corrected chi connectivity index (χ3v) is 3.11. The van der Waals surface area contributed by atoms with Crippen LogP contribution in [0.15, 0.2) is 30.3 Å². The number of carbonyl (C=O) groups excluding carboxylic acids is 1. The van der Waals surface area contributed by atoms with Gasteiger partial charge in [-0.25, -0.2) is 4.79 Å².